The number of fused-ring (bicyclic) bond motifs is 1. The molecule has 0 amide bonds. The fourth-order valence-corrected chi connectivity index (χ4v) is 2.53. The quantitative estimate of drug-likeness (QED) is 0.769. The number of hydrogen-bond acceptors (Lipinski definition) is 3. The van der Waals surface area contributed by atoms with Crippen molar-refractivity contribution in [3.63, 3.8) is 0 Å². The maximum Gasteiger partial charge on any atom is 0.119 e. The van der Waals surface area contributed by atoms with Crippen molar-refractivity contribution < 1.29 is 4.74 Å². The van der Waals surface area contributed by atoms with Crippen molar-refractivity contribution in [1.29, 1.82) is 0 Å². The van der Waals surface area contributed by atoms with Crippen LogP contribution < -0.4 is 10.1 Å². The summed E-state index contributed by atoms with van der Waals surface area (Å²) in [7, 11) is 1.69. The van der Waals surface area contributed by atoms with Crippen molar-refractivity contribution in [2.75, 3.05) is 7.11 Å². The topological polar surface area (TPSA) is 34.1 Å². The highest BCUT2D eigenvalue weighted by molar-refractivity contribution is 5.84. The van der Waals surface area contributed by atoms with Crippen LogP contribution in [0, 0.1) is 0 Å². The van der Waals surface area contributed by atoms with Crippen LogP contribution in [-0.2, 0) is 6.54 Å². The molecule has 0 fully saturated rings. The Kier molecular flexibility index (Phi) is 4.35. The van der Waals surface area contributed by atoms with Crippen molar-refractivity contribution in [1.82, 2.24) is 10.3 Å². The maximum absolute atomic E-state index is 5.26. The number of benzene rings is 2. The molecule has 3 nitrogen and oxygen atoms in total. The average Bonchev–Trinajstić information content (AvgIpc) is 2.59. The van der Waals surface area contributed by atoms with Gasteiger partial charge < -0.3 is 10.1 Å². The molecule has 112 valence electrons. The van der Waals surface area contributed by atoms with Gasteiger partial charge in [0.1, 0.15) is 5.75 Å². The third-order valence-corrected chi connectivity index (χ3v) is 3.91. The summed E-state index contributed by atoms with van der Waals surface area (Å²) in [4.78, 5) is 4.17. The van der Waals surface area contributed by atoms with E-state index in [1.807, 2.05) is 18.3 Å². The third-order valence-electron chi connectivity index (χ3n) is 3.91. The molecular weight excluding hydrogens is 272 g/mol. The summed E-state index contributed by atoms with van der Waals surface area (Å²) in [5.41, 5.74) is 2.47. The second-order valence-electron chi connectivity index (χ2n) is 5.44. The van der Waals surface area contributed by atoms with Crippen LogP contribution in [0.15, 0.2) is 60.9 Å². The Hall–Kier alpha value is -2.39. The number of aromatic nitrogens is 1. The smallest absolute Gasteiger partial charge is 0.119 e. The molecule has 22 heavy (non-hydrogen) atoms. The highest BCUT2D eigenvalue weighted by Crippen LogP contribution is 2.22. The van der Waals surface area contributed by atoms with Gasteiger partial charge >= 0.3 is 0 Å². The van der Waals surface area contributed by atoms with Crippen LogP contribution >= 0.6 is 0 Å². The SMILES string of the molecule is COc1ccc2cc(CN[C@H](C)c3cccnc3)ccc2c1. The molecule has 0 saturated carbocycles. The van der Waals surface area contributed by atoms with Crippen molar-refractivity contribution in [2.45, 2.75) is 19.5 Å². The van der Waals surface area contributed by atoms with Gasteiger partial charge in [-0.05, 0) is 53.1 Å². The molecule has 1 atom stereocenters. The van der Waals surface area contributed by atoms with E-state index < -0.39 is 0 Å². The maximum atomic E-state index is 5.26. The summed E-state index contributed by atoms with van der Waals surface area (Å²) >= 11 is 0. The van der Waals surface area contributed by atoms with E-state index in [9.17, 15) is 0 Å². The summed E-state index contributed by atoms with van der Waals surface area (Å²) < 4.78 is 5.26. The van der Waals surface area contributed by atoms with Crippen LogP contribution in [0.3, 0.4) is 0 Å². The summed E-state index contributed by atoms with van der Waals surface area (Å²) in [5, 5.41) is 5.97. The lowest BCUT2D eigenvalue weighted by Crippen LogP contribution is -2.18. The Morgan fingerprint density at radius 1 is 1.09 bits per heavy atom. The molecule has 0 unspecified atom stereocenters. The highest BCUT2D eigenvalue weighted by Gasteiger charge is 2.05. The fraction of sp³-hybridized carbons (Fsp3) is 0.211. The van der Waals surface area contributed by atoms with Gasteiger partial charge in [-0.15, -0.1) is 0 Å². The number of nitrogens with zero attached hydrogens (tertiary/aromatic N) is 1. The van der Waals surface area contributed by atoms with Gasteiger partial charge in [0.15, 0.2) is 0 Å². The van der Waals surface area contributed by atoms with E-state index in [2.05, 4.69) is 53.6 Å². The van der Waals surface area contributed by atoms with Gasteiger partial charge in [-0.3, -0.25) is 4.98 Å². The molecule has 3 aromatic rings. The first kappa shape index (κ1) is 14.5. The minimum Gasteiger partial charge on any atom is -0.497 e. The van der Waals surface area contributed by atoms with Gasteiger partial charge in [-0.2, -0.15) is 0 Å². The van der Waals surface area contributed by atoms with Gasteiger partial charge in [-0.1, -0.05) is 24.3 Å². The molecule has 1 aromatic heterocycles. The number of ether oxygens (including phenoxy) is 1. The van der Waals surface area contributed by atoms with E-state index in [-0.39, 0.29) is 6.04 Å². The minimum atomic E-state index is 0.278. The zero-order valence-corrected chi connectivity index (χ0v) is 12.9. The van der Waals surface area contributed by atoms with Crippen LogP contribution in [-0.4, -0.2) is 12.1 Å². The monoisotopic (exact) mass is 292 g/mol. The number of nitrogens with one attached hydrogen (secondary N) is 1. The molecular formula is C19H20N2O. The molecule has 1 heterocycles. The molecule has 0 bridgehead atoms. The van der Waals surface area contributed by atoms with Crippen LogP contribution in [0.1, 0.15) is 24.1 Å². The van der Waals surface area contributed by atoms with Crippen molar-refractivity contribution in [3.05, 3.63) is 72.1 Å². The second-order valence-corrected chi connectivity index (χ2v) is 5.44. The Balaban J connectivity index is 1.71. The zero-order valence-electron chi connectivity index (χ0n) is 12.9. The van der Waals surface area contributed by atoms with E-state index >= 15 is 0 Å². The van der Waals surface area contributed by atoms with Gasteiger partial charge in [-0.25, -0.2) is 0 Å². The zero-order chi connectivity index (χ0) is 15.4. The molecule has 3 rings (SSSR count). The van der Waals surface area contributed by atoms with Gasteiger partial charge in [0.2, 0.25) is 0 Å². The summed E-state index contributed by atoms with van der Waals surface area (Å²) in [6.45, 7) is 2.99. The van der Waals surface area contributed by atoms with E-state index in [4.69, 9.17) is 4.74 Å². The predicted octanol–water partition coefficient (Wildman–Crippen LogP) is 4.09. The van der Waals surface area contributed by atoms with Crippen molar-refractivity contribution in [3.8, 4) is 5.75 Å². The standard InChI is InChI=1S/C19H20N2O/c1-14(18-4-3-9-20-13-18)21-12-15-5-6-17-11-19(22-2)8-7-16(17)10-15/h3-11,13-14,21H,12H2,1-2H3/t14-/m1/s1. The molecule has 0 aliphatic rings. The van der Waals surface area contributed by atoms with Crippen LogP contribution in [0.5, 0.6) is 5.75 Å². The molecule has 0 radical (unpaired) electrons. The Bertz CT molecular complexity index is 756. The molecule has 0 spiro atoms. The minimum absolute atomic E-state index is 0.278. The van der Waals surface area contributed by atoms with Crippen LogP contribution in [0.2, 0.25) is 0 Å². The average molecular weight is 292 g/mol. The third kappa shape index (κ3) is 3.26. The lowest BCUT2D eigenvalue weighted by molar-refractivity contribution is 0.415. The van der Waals surface area contributed by atoms with E-state index in [0.717, 1.165) is 12.3 Å². The molecule has 1 N–H and O–H groups in total. The number of methoxy groups -OCH3 is 1. The number of pyridine rings is 1. The largest absolute Gasteiger partial charge is 0.497 e. The first-order valence-corrected chi connectivity index (χ1v) is 7.46. The summed E-state index contributed by atoms with van der Waals surface area (Å²) in [6, 6.07) is 17.0. The predicted molar refractivity (Wildman–Crippen MR) is 90.0 cm³/mol. The van der Waals surface area contributed by atoms with Gasteiger partial charge in [0, 0.05) is 25.0 Å². The molecule has 3 heteroatoms. The molecule has 0 aliphatic carbocycles. The normalized spacial score (nSPS) is 12.3. The van der Waals surface area contributed by atoms with Gasteiger partial charge in [0.25, 0.3) is 0 Å². The van der Waals surface area contributed by atoms with E-state index in [1.165, 1.54) is 21.9 Å². The first-order chi connectivity index (χ1) is 10.8. The molecule has 2 aromatic carbocycles. The lowest BCUT2D eigenvalue weighted by Gasteiger charge is -2.14. The first-order valence-electron chi connectivity index (χ1n) is 7.46. The Labute approximate surface area is 131 Å². The van der Waals surface area contributed by atoms with Crippen LogP contribution in [0.25, 0.3) is 10.8 Å². The summed E-state index contributed by atoms with van der Waals surface area (Å²) in [6.07, 6.45) is 3.71. The van der Waals surface area contributed by atoms with E-state index in [1.54, 1.807) is 13.3 Å². The van der Waals surface area contributed by atoms with Crippen LogP contribution in [0.4, 0.5) is 0 Å². The van der Waals surface area contributed by atoms with Gasteiger partial charge in [0.05, 0.1) is 7.11 Å². The van der Waals surface area contributed by atoms with Crippen molar-refractivity contribution in [2.24, 2.45) is 0 Å². The number of rotatable bonds is 5. The second kappa shape index (κ2) is 6.58. The summed E-state index contributed by atoms with van der Waals surface area (Å²) in [5.74, 6) is 0.892. The van der Waals surface area contributed by atoms with E-state index in [0.29, 0.717) is 0 Å². The molecule has 0 saturated heterocycles. The Morgan fingerprint density at radius 2 is 1.91 bits per heavy atom. The van der Waals surface area contributed by atoms with Crippen molar-refractivity contribution >= 4 is 10.8 Å². The fourth-order valence-electron chi connectivity index (χ4n) is 2.53. The lowest BCUT2D eigenvalue weighted by atomic mass is 10.1. The highest BCUT2D eigenvalue weighted by atomic mass is 16.5. The number of hydrogen-bond donors (Lipinski definition) is 1. The Morgan fingerprint density at radius 3 is 2.68 bits per heavy atom. The molecule has 0 aliphatic heterocycles.